The quantitative estimate of drug-likeness (QED) is 0.462. The molecule has 0 spiro atoms. The summed E-state index contributed by atoms with van der Waals surface area (Å²) in [5.41, 5.74) is -0.0243. The number of rotatable bonds is 3. The first-order valence-electron chi connectivity index (χ1n) is 3.97. The molecule has 0 heterocycles. The van der Waals surface area contributed by atoms with Crippen LogP contribution >= 0.6 is 11.6 Å². The van der Waals surface area contributed by atoms with E-state index in [1.54, 1.807) is 6.92 Å². The number of benzene rings is 1. The maximum absolute atomic E-state index is 10.5. The monoisotopic (exact) mass is 216 g/mol. The molecule has 0 fully saturated rings. The minimum absolute atomic E-state index is 0.0724. The summed E-state index contributed by atoms with van der Waals surface area (Å²) in [4.78, 5) is 9.91. The number of nitrogens with one attached hydrogen (secondary N) is 1. The number of phenolic OH excluding ortho intramolecular Hbond substituents is 1. The van der Waals surface area contributed by atoms with Crippen LogP contribution in [0.4, 0.5) is 11.4 Å². The molecule has 1 aromatic carbocycles. The van der Waals surface area contributed by atoms with E-state index < -0.39 is 4.92 Å². The summed E-state index contributed by atoms with van der Waals surface area (Å²) in [6.07, 6.45) is 0. The lowest BCUT2D eigenvalue weighted by Crippen LogP contribution is -1.99. The fraction of sp³-hybridized carbons (Fsp3) is 0.250. The highest BCUT2D eigenvalue weighted by atomic mass is 35.5. The Hall–Kier alpha value is -1.49. The smallest absolute Gasteiger partial charge is 0.290 e. The van der Waals surface area contributed by atoms with Crippen molar-refractivity contribution >= 4 is 23.0 Å². The van der Waals surface area contributed by atoms with E-state index >= 15 is 0 Å². The van der Waals surface area contributed by atoms with Crippen molar-refractivity contribution in [2.45, 2.75) is 6.92 Å². The highest BCUT2D eigenvalue weighted by molar-refractivity contribution is 6.35. The zero-order valence-electron chi connectivity index (χ0n) is 7.45. The first-order valence-corrected chi connectivity index (χ1v) is 4.35. The molecule has 2 N–H and O–H groups in total. The fourth-order valence-corrected chi connectivity index (χ4v) is 1.34. The van der Waals surface area contributed by atoms with Crippen LogP contribution in [0.15, 0.2) is 12.1 Å². The van der Waals surface area contributed by atoms with Crippen LogP contribution in [0.3, 0.4) is 0 Å². The van der Waals surface area contributed by atoms with Crippen molar-refractivity contribution in [3.63, 3.8) is 0 Å². The van der Waals surface area contributed by atoms with Gasteiger partial charge in [0.25, 0.3) is 5.69 Å². The molecular weight excluding hydrogens is 208 g/mol. The fourth-order valence-electron chi connectivity index (χ4n) is 1.04. The van der Waals surface area contributed by atoms with Gasteiger partial charge in [-0.1, -0.05) is 11.6 Å². The lowest BCUT2D eigenvalue weighted by atomic mass is 10.2. The number of aromatic hydroxyl groups is 1. The van der Waals surface area contributed by atoms with Crippen molar-refractivity contribution in [1.29, 1.82) is 0 Å². The molecule has 0 radical (unpaired) electrons. The number of anilines is 1. The summed E-state index contributed by atoms with van der Waals surface area (Å²) in [6, 6.07) is 2.40. The lowest BCUT2D eigenvalue weighted by molar-refractivity contribution is -0.384. The van der Waals surface area contributed by atoms with E-state index in [-0.39, 0.29) is 22.1 Å². The van der Waals surface area contributed by atoms with Crippen molar-refractivity contribution in [3.8, 4) is 5.75 Å². The van der Waals surface area contributed by atoms with E-state index in [0.717, 1.165) is 0 Å². The molecule has 0 atom stereocenters. The zero-order valence-corrected chi connectivity index (χ0v) is 8.21. The standard InChI is InChI=1S/C8H9ClN2O3/c1-2-10-8-6(12)4-3-5(7(8)9)11(13)14/h3-4,10,12H,2H2,1H3. The predicted octanol–water partition coefficient (Wildman–Crippen LogP) is 2.39. The predicted molar refractivity (Wildman–Crippen MR) is 53.9 cm³/mol. The highest BCUT2D eigenvalue weighted by Crippen LogP contribution is 2.38. The molecule has 0 saturated carbocycles. The molecule has 0 saturated heterocycles. The Bertz CT molecular complexity index is 368. The Labute approximate surface area is 85.5 Å². The molecule has 1 aromatic rings. The third-order valence-corrected chi connectivity index (χ3v) is 2.03. The molecule has 76 valence electrons. The Morgan fingerprint density at radius 3 is 2.79 bits per heavy atom. The average molecular weight is 217 g/mol. The molecule has 5 nitrogen and oxygen atoms in total. The summed E-state index contributed by atoms with van der Waals surface area (Å²) in [5.74, 6) is -0.0950. The van der Waals surface area contributed by atoms with Crippen LogP contribution in [-0.4, -0.2) is 16.6 Å². The maximum Gasteiger partial charge on any atom is 0.290 e. The molecule has 0 bridgehead atoms. The van der Waals surface area contributed by atoms with E-state index in [0.29, 0.717) is 6.54 Å². The molecule has 0 amide bonds. The van der Waals surface area contributed by atoms with E-state index in [1.165, 1.54) is 12.1 Å². The van der Waals surface area contributed by atoms with Gasteiger partial charge in [0.05, 0.1) is 4.92 Å². The third kappa shape index (κ3) is 1.88. The Balaban J connectivity index is 3.26. The minimum atomic E-state index is -0.595. The number of nitrogens with zero attached hydrogens (tertiary/aromatic N) is 1. The first-order chi connectivity index (χ1) is 6.57. The maximum atomic E-state index is 10.5. The molecule has 0 aliphatic carbocycles. The molecule has 0 aromatic heterocycles. The van der Waals surface area contributed by atoms with Crippen molar-refractivity contribution in [1.82, 2.24) is 0 Å². The van der Waals surface area contributed by atoms with Crippen LogP contribution in [-0.2, 0) is 0 Å². The average Bonchev–Trinajstić information content (AvgIpc) is 2.11. The van der Waals surface area contributed by atoms with Crippen LogP contribution in [0.1, 0.15) is 6.92 Å². The topological polar surface area (TPSA) is 75.4 Å². The number of hydrogen-bond donors (Lipinski definition) is 2. The molecule has 6 heteroatoms. The van der Waals surface area contributed by atoms with Gasteiger partial charge in [-0.25, -0.2) is 0 Å². The van der Waals surface area contributed by atoms with Gasteiger partial charge in [-0.05, 0) is 13.0 Å². The molecule has 14 heavy (non-hydrogen) atoms. The number of nitro groups is 1. The Morgan fingerprint density at radius 2 is 2.29 bits per heavy atom. The molecular formula is C8H9ClN2O3. The first kappa shape index (κ1) is 10.6. The largest absolute Gasteiger partial charge is 0.506 e. The van der Waals surface area contributed by atoms with Crippen LogP contribution in [0.25, 0.3) is 0 Å². The van der Waals surface area contributed by atoms with E-state index in [1.807, 2.05) is 0 Å². The van der Waals surface area contributed by atoms with Gasteiger partial charge >= 0.3 is 0 Å². The van der Waals surface area contributed by atoms with Gasteiger partial charge in [-0.3, -0.25) is 10.1 Å². The molecule has 0 unspecified atom stereocenters. The van der Waals surface area contributed by atoms with Gasteiger partial charge in [0, 0.05) is 12.6 Å². The van der Waals surface area contributed by atoms with Crippen LogP contribution in [0.2, 0.25) is 5.02 Å². The van der Waals surface area contributed by atoms with Gasteiger partial charge in [-0.15, -0.1) is 0 Å². The summed E-state index contributed by atoms with van der Waals surface area (Å²) < 4.78 is 0. The van der Waals surface area contributed by atoms with E-state index in [2.05, 4.69) is 5.32 Å². The second-order valence-corrected chi connectivity index (χ2v) is 2.96. The van der Waals surface area contributed by atoms with Crippen molar-refractivity contribution in [3.05, 3.63) is 27.3 Å². The van der Waals surface area contributed by atoms with E-state index in [9.17, 15) is 15.2 Å². The summed E-state index contributed by atoms with van der Waals surface area (Å²) in [6.45, 7) is 2.32. The van der Waals surface area contributed by atoms with Crippen LogP contribution in [0.5, 0.6) is 5.75 Å². The second kappa shape index (κ2) is 4.15. The molecule has 0 aliphatic rings. The van der Waals surface area contributed by atoms with Crippen LogP contribution in [0, 0.1) is 10.1 Å². The van der Waals surface area contributed by atoms with Crippen molar-refractivity contribution in [2.24, 2.45) is 0 Å². The normalized spacial score (nSPS) is 9.86. The molecule has 0 aliphatic heterocycles. The SMILES string of the molecule is CCNc1c(O)ccc([N+](=O)[O-])c1Cl. The second-order valence-electron chi connectivity index (χ2n) is 2.58. The summed E-state index contributed by atoms with van der Waals surface area (Å²) in [7, 11) is 0. The number of hydrogen-bond acceptors (Lipinski definition) is 4. The lowest BCUT2D eigenvalue weighted by Gasteiger charge is -2.07. The van der Waals surface area contributed by atoms with E-state index in [4.69, 9.17) is 11.6 Å². The Morgan fingerprint density at radius 1 is 1.64 bits per heavy atom. The molecule has 1 rings (SSSR count). The van der Waals surface area contributed by atoms with Gasteiger partial charge in [0.15, 0.2) is 0 Å². The van der Waals surface area contributed by atoms with Gasteiger partial charge in [0.2, 0.25) is 0 Å². The van der Waals surface area contributed by atoms with Gasteiger partial charge in [-0.2, -0.15) is 0 Å². The summed E-state index contributed by atoms with van der Waals surface area (Å²) >= 11 is 5.72. The number of nitro benzene ring substituents is 1. The van der Waals surface area contributed by atoms with Crippen molar-refractivity contribution in [2.75, 3.05) is 11.9 Å². The number of phenols is 1. The summed E-state index contributed by atoms with van der Waals surface area (Å²) in [5, 5.41) is 22.5. The van der Waals surface area contributed by atoms with Gasteiger partial charge < -0.3 is 10.4 Å². The zero-order chi connectivity index (χ0) is 10.7. The number of halogens is 1. The van der Waals surface area contributed by atoms with Crippen LogP contribution < -0.4 is 5.32 Å². The Kier molecular flexibility index (Phi) is 3.14. The minimum Gasteiger partial charge on any atom is -0.506 e. The van der Waals surface area contributed by atoms with Gasteiger partial charge in [0.1, 0.15) is 16.5 Å². The third-order valence-electron chi connectivity index (χ3n) is 1.65. The highest BCUT2D eigenvalue weighted by Gasteiger charge is 2.18. The van der Waals surface area contributed by atoms with Crippen molar-refractivity contribution < 1.29 is 10.0 Å².